The number of hydrogen-bond donors (Lipinski definition) is 0. The van der Waals surface area contributed by atoms with Crippen molar-refractivity contribution in [3.8, 4) is 5.88 Å². The molecule has 0 unspecified atom stereocenters. The van der Waals surface area contributed by atoms with Crippen molar-refractivity contribution in [2.75, 3.05) is 7.11 Å². The number of halogens is 1. The van der Waals surface area contributed by atoms with Crippen molar-refractivity contribution >= 4 is 11.6 Å². The van der Waals surface area contributed by atoms with Crippen LogP contribution in [-0.4, -0.2) is 12.1 Å². The Labute approximate surface area is 64.8 Å². The van der Waals surface area contributed by atoms with Gasteiger partial charge in [-0.25, -0.2) is 4.98 Å². The molecule has 0 aromatic carbocycles. The average Bonchev–Trinajstić information content (AvgIpc) is 1.88. The van der Waals surface area contributed by atoms with E-state index in [1.807, 2.05) is 13.0 Å². The van der Waals surface area contributed by atoms with Gasteiger partial charge >= 0.3 is 0 Å². The van der Waals surface area contributed by atoms with Gasteiger partial charge in [0.05, 0.1) is 12.1 Å². The molecule has 0 aliphatic heterocycles. The lowest BCUT2D eigenvalue weighted by molar-refractivity contribution is 0.394. The minimum absolute atomic E-state index is 0.629. The topological polar surface area (TPSA) is 22.1 Å². The Balaban J connectivity index is 3.07. The molecule has 0 saturated carbocycles. The summed E-state index contributed by atoms with van der Waals surface area (Å²) in [5, 5.41) is 0.637. The number of pyridine rings is 1. The second kappa shape index (κ2) is 2.88. The van der Waals surface area contributed by atoms with E-state index in [0.29, 0.717) is 10.9 Å². The smallest absolute Gasteiger partial charge is 0.216 e. The summed E-state index contributed by atoms with van der Waals surface area (Å²) in [6.07, 6.45) is 1.56. The zero-order valence-electron chi connectivity index (χ0n) is 5.89. The second-order valence-corrected chi connectivity index (χ2v) is 2.42. The van der Waals surface area contributed by atoms with Gasteiger partial charge in [0.15, 0.2) is 0 Å². The summed E-state index contributed by atoms with van der Waals surface area (Å²) in [6, 6.07) is 1.81. The molecule has 1 rings (SSSR count). The molecule has 10 heavy (non-hydrogen) atoms. The molecule has 0 aliphatic rings. The van der Waals surface area contributed by atoms with Crippen LogP contribution in [-0.2, 0) is 0 Å². The van der Waals surface area contributed by atoms with Crippen LogP contribution in [0.25, 0.3) is 0 Å². The first kappa shape index (κ1) is 7.35. The zero-order valence-corrected chi connectivity index (χ0v) is 6.64. The maximum atomic E-state index is 5.66. The molecule has 0 fully saturated rings. The van der Waals surface area contributed by atoms with Crippen LogP contribution in [0.15, 0.2) is 12.3 Å². The SMILES string of the molecule is COc1ncc(Cl)cc1C. The van der Waals surface area contributed by atoms with Crippen LogP contribution in [0, 0.1) is 6.92 Å². The number of hydrogen-bond acceptors (Lipinski definition) is 2. The van der Waals surface area contributed by atoms with E-state index >= 15 is 0 Å². The lowest BCUT2D eigenvalue weighted by Crippen LogP contribution is -1.89. The maximum absolute atomic E-state index is 5.66. The molecule has 0 spiro atoms. The first-order valence-electron chi connectivity index (χ1n) is 2.90. The fraction of sp³-hybridized carbons (Fsp3) is 0.286. The van der Waals surface area contributed by atoms with Gasteiger partial charge in [-0.3, -0.25) is 0 Å². The van der Waals surface area contributed by atoms with Gasteiger partial charge < -0.3 is 4.74 Å². The fourth-order valence-corrected chi connectivity index (χ4v) is 0.954. The van der Waals surface area contributed by atoms with Crippen molar-refractivity contribution in [1.29, 1.82) is 0 Å². The van der Waals surface area contributed by atoms with Crippen molar-refractivity contribution in [2.24, 2.45) is 0 Å². The Bertz CT molecular complexity index is 237. The summed E-state index contributed by atoms with van der Waals surface area (Å²) >= 11 is 5.66. The number of aryl methyl sites for hydroxylation is 1. The summed E-state index contributed by atoms with van der Waals surface area (Å²) in [5.74, 6) is 0.629. The third-order valence-electron chi connectivity index (χ3n) is 1.19. The molecule has 1 aromatic heterocycles. The molecule has 0 saturated heterocycles. The Morgan fingerprint density at radius 1 is 1.60 bits per heavy atom. The van der Waals surface area contributed by atoms with Crippen LogP contribution in [0.5, 0.6) is 5.88 Å². The van der Waals surface area contributed by atoms with Crippen molar-refractivity contribution in [3.05, 3.63) is 22.8 Å². The number of aromatic nitrogens is 1. The Hall–Kier alpha value is -0.760. The van der Waals surface area contributed by atoms with Gasteiger partial charge in [0.1, 0.15) is 0 Å². The van der Waals surface area contributed by atoms with Crippen LogP contribution < -0.4 is 4.74 Å². The molecule has 0 radical (unpaired) electrons. The van der Waals surface area contributed by atoms with E-state index in [2.05, 4.69) is 4.98 Å². The van der Waals surface area contributed by atoms with Crippen LogP contribution in [0.3, 0.4) is 0 Å². The number of nitrogens with zero attached hydrogens (tertiary/aromatic N) is 1. The second-order valence-electron chi connectivity index (χ2n) is 1.98. The summed E-state index contributed by atoms with van der Waals surface area (Å²) < 4.78 is 4.93. The van der Waals surface area contributed by atoms with Crippen molar-refractivity contribution < 1.29 is 4.74 Å². The van der Waals surface area contributed by atoms with Gasteiger partial charge in [0.2, 0.25) is 5.88 Å². The fourth-order valence-electron chi connectivity index (χ4n) is 0.742. The summed E-state index contributed by atoms with van der Waals surface area (Å²) in [5.41, 5.74) is 0.954. The molecule has 2 nitrogen and oxygen atoms in total. The third-order valence-corrected chi connectivity index (χ3v) is 1.40. The number of methoxy groups -OCH3 is 1. The highest BCUT2D eigenvalue weighted by Crippen LogP contribution is 2.17. The van der Waals surface area contributed by atoms with Gasteiger partial charge in [0.25, 0.3) is 0 Å². The molecule has 0 bridgehead atoms. The van der Waals surface area contributed by atoms with E-state index in [1.165, 1.54) is 0 Å². The van der Waals surface area contributed by atoms with E-state index in [1.54, 1.807) is 13.3 Å². The van der Waals surface area contributed by atoms with Crippen LogP contribution >= 0.6 is 11.6 Å². The van der Waals surface area contributed by atoms with Gasteiger partial charge in [0, 0.05) is 11.8 Å². The van der Waals surface area contributed by atoms with Gasteiger partial charge in [-0.15, -0.1) is 0 Å². The molecule has 0 aliphatic carbocycles. The summed E-state index contributed by atoms with van der Waals surface area (Å²) in [4.78, 5) is 3.94. The minimum atomic E-state index is 0.629. The Morgan fingerprint density at radius 3 is 2.80 bits per heavy atom. The highest BCUT2D eigenvalue weighted by atomic mass is 35.5. The van der Waals surface area contributed by atoms with Crippen molar-refractivity contribution in [3.63, 3.8) is 0 Å². The molecule has 0 amide bonds. The Morgan fingerprint density at radius 2 is 2.30 bits per heavy atom. The quantitative estimate of drug-likeness (QED) is 0.623. The largest absolute Gasteiger partial charge is 0.481 e. The molecule has 1 heterocycles. The molecule has 54 valence electrons. The normalized spacial score (nSPS) is 9.50. The zero-order chi connectivity index (χ0) is 7.56. The molecule has 0 atom stereocenters. The van der Waals surface area contributed by atoms with Crippen LogP contribution in [0.4, 0.5) is 0 Å². The van der Waals surface area contributed by atoms with Gasteiger partial charge in [-0.1, -0.05) is 11.6 Å². The standard InChI is InChI=1S/C7H8ClNO/c1-5-3-6(8)4-9-7(5)10-2/h3-4H,1-2H3. The van der Waals surface area contributed by atoms with Crippen molar-refractivity contribution in [1.82, 2.24) is 4.98 Å². The number of ether oxygens (including phenoxy) is 1. The third kappa shape index (κ3) is 1.39. The van der Waals surface area contributed by atoms with E-state index in [-0.39, 0.29) is 0 Å². The van der Waals surface area contributed by atoms with Crippen LogP contribution in [0.1, 0.15) is 5.56 Å². The van der Waals surface area contributed by atoms with E-state index in [0.717, 1.165) is 5.56 Å². The Kier molecular flexibility index (Phi) is 2.12. The predicted molar refractivity (Wildman–Crippen MR) is 40.5 cm³/mol. The molecule has 0 N–H and O–H groups in total. The molecular formula is C7H8ClNO. The number of rotatable bonds is 1. The molecule has 3 heteroatoms. The van der Waals surface area contributed by atoms with E-state index in [4.69, 9.17) is 16.3 Å². The van der Waals surface area contributed by atoms with E-state index < -0.39 is 0 Å². The van der Waals surface area contributed by atoms with Crippen molar-refractivity contribution in [2.45, 2.75) is 6.92 Å². The highest BCUT2D eigenvalue weighted by Gasteiger charge is 1.97. The van der Waals surface area contributed by atoms with E-state index in [9.17, 15) is 0 Å². The van der Waals surface area contributed by atoms with Crippen LogP contribution in [0.2, 0.25) is 5.02 Å². The predicted octanol–water partition coefficient (Wildman–Crippen LogP) is 2.05. The average molecular weight is 158 g/mol. The monoisotopic (exact) mass is 157 g/mol. The summed E-state index contributed by atoms with van der Waals surface area (Å²) in [7, 11) is 1.59. The maximum Gasteiger partial charge on any atom is 0.216 e. The summed E-state index contributed by atoms with van der Waals surface area (Å²) in [6.45, 7) is 1.90. The van der Waals surface area contributed by atoms with Gasteiger partial charge in [-0.2, -0.15) is 0 Å². The molecule has 1 aromatic rings. The minimum Gasteiger partial charge on any atom is -0.481 e. The first-order chi connectivity index (χ1) is 4.74. The lowest BCUT2D eigenvalue weighted by Gasteiger charge is -2.01. The highest BCUT2D eigenvalue weighted by molar-refractivity contribution is 6.30. The molecular weight excluding hydrogens is 150 g/mol. The van der Waals surface area contributed by atoms with Gasteiger partial charge in [-0.05, 0) is 13.0 Å². The lowest BCUT2D eigenvalue weighted by atomic mass is 10.3. The first-order valence-corrected chi connectivity index (χ1v) is 3.28.